The summed E-state index contributed by atoms with van der Waals surface area (Å²) in [6.45, 7) is 6.41. The molecule has 0 bridgehead atoms. The maximum atomic E-state index is 13.1. The summed E-state index contributed by atoms with van der Waals surface area (Å²) in [5, 5.41) is 14.4. The summed E-state index contributed by atoms with van der Waals surface area (Å²) in [7, 11) is 2.09. The first-order valence-corrected chi connectivity index (χ1v) is 10.8. The van der Waals surface area contributed by atoms with Crippen molar-refractivity contribution in [3.05, 3.63) is 33.9 Å². The zero-order valence-electron chi connectivity index (χ0n) is 17.2. The van der Waals surface area contributed by atoms with Gasteiger partial charge in [-0.25, -0.2) is 0 Å². The Labute approximate surface area is 172 Å². The Bertz CT molecular complexity index is 765. The van der Waals surface area contributed by atoms with Crippen molar-refractivity contribution in [2.45, 2.75) is 31.7 Å². The van der Waals surface area contributed by atoms with Gasteiger partial charge in [0, 0.05) is 50.5 Å². The molecule has 29 heavy (non-hydrogen) atoms. The molecule has 2 saturated heterocycles. The standard InChI is InChI=1S/C21H31N5O3/c1-23-11-12-25-19-6-5-17(26(28)29)13-16(19)14-18(20(25)15-23)21(27)22-7-10-24-8-3-2-4-9-24/h5-6,13,18,20H,2-4,7-12,14-15H2,1H3,(H,22,27). The Kier molecular flexibility index (Phi) is 6.01. The second-order valence-electron chi connectivity index (χ2n) is 8.60. The van der Waals surface area contributed by atoms with Crippen LogP contribution in [0.4, 0.5) is 11.4 Å². The first kappa shape index (κ1) is 20.1. The number of hydrogen-bond acceptors (Lipinski definition) is 6. The molecule has 4 rings (SSSR count). The van der Waals surface area contributed by atoms with Crippen molar-refractivity contribution in [1.82, 2.24) is 15.1 Å². The summed E-state index contributed by atoms with van der Waals surface area (Å²) < 4.78 is 0. The van der Waals surface area contributed by atoms with Crippen LogP contribution in [0.5, 0.6) is 0 Å². The normalized spacial score (nSPS) is 25.2. The Hall–Kier alpha value is -2.19. The highest BCUT2D eigenvalue weighted by atomic mass is 16.6. The van der Waals surface area contributed by atoms with E-state index >= 15 is 0 Å². The molecule has 8 heteroatoms. The molecular formula is C21H31N5O3. The molecule has 3 aliphatic heterocycles. The fourth-order valence-electron chi connectivity index (χ4n) is 5.02. The SMILES string of the molecule is CN1CCN2c3ccc([N+](=O)[O-])cc3CC(C(=O)NCCN3CCCCC3)C2C1. The largest absolute Gasteiger partial charge is 0.365 e. The van der Waals surface area contributed by atoms with E-state index in [-0.39, 0.29) is 28.5 Å². The number of piperazine rings is 1. The molecule has 2 fully saturated rings. The van der Waals surface area contributed by atoms with E-state index in [4.69, 9.17) is 0 Å². The number of nitrogens with one attached hydrogen (secondary N) is 1. The van der Waals surface area contributed by atoms with Gasteiger partial charge in [0.25, 0.3) is 5.69 Å². The number of nitrogens with zero attached hydrogens (tertiary/aromatic N) is 4. The third-order valence-corrected chi connectivity index (χ3v) is 6.62. The number of fused-ring (bicyclic) bond motifs is 3. The van der Waals surface area contributed by atoms with Crippen molar-refractivity contribution in [3.63, 3.8) is 0 Å². The van der Waals surface area contributed by atoms with E-state index in [1.54, 1.807) is 12.1 Å². The van der Waals surface area contributed by atoms with Crippen molar-refractivity contribution in [2.75, 3.05) is 57.8 Å². The minimum Gasteiger partial charge on any atom is -0.365 e. The lowest BCUT2D eigenvalue weighted by atomic mass is 9.83. The van der Waals surface area contributed by atoms with Crippen LogP contribution in [0.15, 0.2) is 18.2 Å². The molecule has 2 unspecified atom stereocenters. The number of likely N-dealkylation sites (N-methyl/N-ethyl adjacent to an activating group) is 1. The molecular weight excluding hydrogens is 370 g/mol. The van der Waals surface area contributed by atoms with Crippen LogP contribution in [0.2, 0.25) is 0 Å². The van der Waals surface area contributed by atoms with Crippen LogP contribution in [0, 0.1) is 16.0 Å². The Morgan fingerprint density at radius 1 is 1.21 bits per heavy atom. The fourth-order valence-corrected chi connectivity index (χ4v) is 5.02. The van der Waals surface area contributed by atoms with E-state index < -0.39 is 0 Å². The topological polar surface area (TPSA) is 82.0 Å². The number of likely N-dealkylation sites (tertiary alicyclic amines) is 1. The lowest BCUT2D eigenvalue weighted by Gasteiger charge is -2.48. The summed E-state index contributed by atoms with van der Waals surface area (Å²) >= 11 is 0. The average molecular weight is 402 g/mol. The molecule has 1 aromatic carbocycles. The molecule has 0 saturated carbocycles. The zero-order chi connectivity index (χ0) is 20.4. The van der Waals surface area contributed by atoms with Gasteiger partial charge in [-0.3, -0.25) is 14.9 Å². The summed E-state index contributed by atoms with van der Waals surface area (Å²) in [5.74, 6) is -0.113. The van der Waals surface area contributed by atoms with Crippen LogP contribution in [-0.4, -0.2) is 79.5 Å². The maximum Gasteiger partial charge on any atom is 0.269 e. The van der Waals surface area contributed by atoms with E-state index in [0.29, 0.717) is 13.0 Å². The number of nitro groups is 1. The quantitative estimate of drug-likeness (QED) is 0.595. The minimum atomic E-state index is -0.357. The molecule has 0 aliphatic carbocycles. The number of nitro benzene ring substituents is 1. The molecule has 3 heterocycles. The Balaban J connectivity index is 1.48. The molecule has 0 spiro atoms. The molecule has 1 aromatic rings. The molecule has 3 aliphatic rings. The summed E-state index contributed by atoms with van der Waals surface area (Å²) in [5.41, 5.74) is 2.06. The number of rotatable bonds is 5. The second-order valence-corrected chi connectivity index (χ2v) is 8.60. The van der Waals surface area contributed by atoms with Gasteiger partial charge in [0.2, 0.25) is 5.91 Å². The third kappa shape index (κ3) is 4.38. The number of benzene rings is 1. The smallest absolute Gasteiger partial charge is 0.269 e. The third-order valence-electron chi connectivity index (χ3n) is 6.62. The van der Waals surface area contributed by atoms with Crippen molar-refractivity contribution in [2.24, 2.45) is 5.92 Å². The molecule has 2 atom stereocenters. The lowest BCUT2D eigenvalue weighted by Crippen LogP contribution is -2.60. The van der Waals surface area contributed by atoms with Crippen LogP contribution >= 0.6 is 0 Å². The van der Waals surface area contributed by atoms with Crippen molar-refractivity contribution >= 4 is 17.3 Å². The molecule has 1 amide bonds. The number of hydrogen-bond donors (Lipinski definition) is 1. The van der Waals surface area contributed by atoms with Crippen molar-refractivity contribution in [1.29, 1.82) is 0 Å². The van der Waals surface area contributed by atoms with E-state index in [0.717, 1.165) is 50.5 Å². The number of piperidine rings is 1. The van der Waals surface area contributed by atoms with Gasteiger partial charge in [-0.2, -0.15) is 0 Å². The molecule has 0 aromatic heterocycles. The van der Waals surface area contributed by atoms with Gasteiger partial charge in [-0.05, 0) is 51.0 Å². The highest BCUT2D eigenvalue weighted by Crippen LogP contribution is 2.37. The van der Waals surface area contributed by atoms with Crippen LogP contribution in [0.1, 0.15) is 24.8 Å². The highest BCUT2D eigenvalue weighted by Gasteiger charge is 2.41. The maximum absolute atomic E-state index is 13.1. The van der Waals surface area contributed by atoms with Gasteiger partial charge in [0.15, 0.2) is 0 Å². The number of carbonyl (C=O) groups excluding carboxylic acids is 1. The van der Waals surface area contributed by atoms with Crippen LogP contribution < -0.4 is 10.2 Å². The highest BCUT2D eigenvalue weighted by molar-refractivity contribution is 5.82. The number of anilines is 1. The zero-order valence-corrected chi connectivity index (χ0v) is 17.2. The summed E-state index contributed by atoms with van der Waals surface area (Å²) in [4.78, 5) is 31.0. The average Bonchev–Trinajstić information content (AvgIpc) is 2.73. The Morgan fingerprint density at radius 2 is 2.00 bits per heavy atom. The molecule has 158 valence electrons. The number of carbonyl (C=O) groups is 1. The van der Waals surface area contributed by atoms with E-state index in [1.807, 2.05) is 6.07 Å². The van der Waals surface area contributed by atoms with Gasteiger partial charge in [-0.1, -0.05) is 6.42 Å². The first-order valence-electron chi connectivity index (χ1n) is 10.8. The van der Waals surface area contributed by atoms with Gasteiger partial charge in [0.05, 0.1) is 16.9 Å². The van der Waals surface area contributed by atoms with Gasteiger partial charge in [0.1, 0.15) is 0 Å². The first-order chi connectivity index (χ1) is 14.0. The Morgan fingerprint density at radius 3 is 2.76 bits per heavy atom. The molecule has 1 N–H and O–H groups in total. The van der Waals surface area contributed by atoms with Gasteiger partial charge >= 0.3 is 0 Å². The number of non-ortho nitro benzene ring substituents is 1. The van der Waals surface area contributed by atoms with E-state index in [9.17, 15) is 14.9 Å². The van der Waals surface area contributed by atoms with E-state index in [1.165, 1.54) is 19.3 Å². The van der Waals surface area contributed by atoms with Crippen LogP contribution in [0.3, 0.4) is 0 Å². The molecule has 8 nitrogen and oxygen atoms in total. The summed E-state index contributed by atoms with van der Waals surface area (Å²) in [6, 6.07) is 5.19. The van der Waals surface area contributed by atoms with Gasteiger partial charge in [-0.15, -0.1) is 0 Å². The second kappa shape index (κ2) is 8.67. The number of amides is 1. The van der Waals surface area contributed by atoms with Crippen LogP contribution in [0.25, 0.3) is 0 Å². The predicted octanol–water partition coefficient (Wildman–Crippen LogP) is 1.49. The fraction of sp³-hybridized carbons (Fsp3) is 0.667. The predicted molar refractivity (Wildman–Crippen MR) is 112 cm³/mol. The monoisotopic (exact) mass is 401 g/mol. The lowest BCUT2D eigenvalue weighted by molar-refractivity contribution is -0.384. The summed E-state index contributed by atoms with van der Waals surface area (Å²) in [6.07, 6.45) is 4.36. The van der Waals surface area contributed by atoms with Crippen molar-refractivity contribution in [3.8, 4) is 0 Å². The van der Waals surface area contributed by atoms with Gasteiger partial charge < -0.3 is 20.0 Å². The van der Waals surface area contributed by atoms with Crippen molar-refractivity contribution < 1.29 is 9.72 Å². The minimum absolute atomic E-state index is 0.0736. The molecule has 0 radical (unpaired) electrons. The van der Waals surface area contributed by atoms with E-state index in [2.05, 4.69) is 27.1 Å². The van der Waals surface area contributed by atoms with Crippen LogP contribution in [-0.2, 0) is 11.2 Å².